The molecule has 0 aliphatic rings. The number of aryl methyl sites for hydroxylation is 1. The van der Waals surface area contributed by atoms with E-state index in [-0.39, 0.29) is 18.2 Å². The van der Waals surface area contributed by atoms with Crippen LogP contribution in [-0.4, -0.2) is 28.2 Å². The molecule has 0 spiro atoms. The van der Waals surface area contributed by atoms with Crippen LogP contribution in [0.15, 0.2) is 48.8 Å². The third-order valence-electron chi connectivity index (χ3n) is 3.76. The van der Waals surface area contributed by atoms with Gasteiger partial charge in [0.05, 0.1) is 0 Å². The van der Waals surface area contributed by atoms with Crippen molar-refractivity contribution >= 4 is 11.8 Å². The van der Waals surface area contributed by atoms with E-state index in [0.717, 1.165) is 11.1 Å². The highest BCUT2D eigenvalue weighted by Crippen LogP contribution is 2.05. The van der Waals surface area contributed by atoms with Crippen LogP contribution < -0.4 is 5.32 Å². The van der Waals surface area contributed by atoms with Gasteiger partial charge in [-0.2, -0.15) is 0 Å². The Balaban J connectivity index is 1.79. The number of hydrogen-bond acceptors (Lipinski definition) is 3. The van der Waals surface area contributed by atoms with E-state index in [0.29, 0.717) is 19.6 Å². The predicted molar refractivity (Wildman–Crippen MR) is 93.0 cm³/mol. The molecule has 0 unspecified atom stereocenters. The summed E-state index contributed by atoms with van der Waals surface area (Å²) in [5.74, 6) is -0.113. The lowest BCUT2D eigenvalue weighted by Crippen LogP contribution is -2.33. The summed E-state index contributed by atoms with van der Waals surface area (Å²) >= 11 is 0. The SMILES string of the molecule is CC(=O)N(CCC(=O)NCc1ccc(C)cc1)Cc1cccnc1. The first kappa shape index (κ1) is 17.7. The van der Waals surface area contributed by atoms with Gasteiger partial charge in [0.1, 0.15) is 0 Å². The maximum absolute atomic E-state index is 12.0. The van der Waals surface area contributed by atoms with E-state index in [4.69, 9.17) is 0 Å². The van der Waals surface area contributed by atoms with Crippen LogP contribution in [0.25, 0.3) is 0 Å². The summed E-state index contributed by atoms with van der Waals surface area (Å²) in [6.07, 6.45) is 3.71. The topological polar surface area (TPSA) is 62.3 Å². The predicted octanol–water partition coefficient (Wildman–Crippen LogP) is 2.45. The van der Waals surface area contributed by atoms with Gasteiger partial charge in [-0.25, -0.2) is 0 Å². The molecule has 24 heavy (non-hydrogen) atoms. The van der Waals surface area contributed by atoms with E-state index in [9.17, 15) is 9.59 Å². The molecule has 2 aromatic rings. The Morgan fingerprint density at radius 1 is 1.12 bits per heavy atom. The highest BCUT2D eigenvalue weighted by molar-refractivity contribution is 5.78. The minimum absolute atomic E-state index is 0.0508. The van der Waals surface area contributed by atoms with Crippen molar-refractivity contribution in [2.75, 3.05) is 6.54 Å². The van der Waals surface area contributed by atoms with Gasteiger partial charge in [-0.3, -0.25) is 14.6 Å². The molecule has 0 saturated carbocycles. The quantitative estimate of drug-likeness (QED) is 0.850. The summed E-state index contributed by atoms with van der Waals surface area (Å²) in [6.45, 7) is 4.90. The second-order valence-electron chi connectivity index (χ2n) is 5.81. The first-order chi connectivity index (χ1) is 11.5. The second kappa shape index (κ2) is 8.82. The fourth-order valence-corrected chi connectivity index (χ4v) is 2.29. The average Bonchev–Trinajstić information content (AvgIpc) is 2.58. The van der Waals surface area contributed by atoms with Gasteiger partial charge in [0, 0.05) is 45.4 Å². The number of nitrogens with zero attached hydrogens (tertiary/aromatic N) is 2. The summed E-state index contributed by atoms with van der Waals surface area (Å²) in [4.78, 5) is 29.4. The van der Waals surface area contributed by atoms with Crippen molar-refractivity contribution in [2.45, 2.75) is 33.4 Å². The number of nitrogens with one attached hydrogen (secondary N) is 1. The van der Waals surface area contributed by atoms with Crippen molar-refractivity contribution in [3.63, 3.8) is 0 Å². The summed E-state index contributed by atoms with van der Waals surface area (Å²) in [5.41, 5.74) is 3.21. The fraction of sp³-hybridized carbons (Fsp3) is 0.316. The number of amides is 2. The molecule has 0 fully saturated rings. The summed E-state index contributed by atoms with van der Waals surface area (Å²) in [5, 5.41) is 2.89. The fourth-order valence-electron chi connectivity index (χ4n) is 2.29. The summed E-state index contributed by atoms with van der Waals surface area (Å²) in [6, 6.07) is 11.8. The summed E-state index contributed by atoms with van der Waals surface area (Å²) in [7, 11) is 0. The smallest absolute Gasteiger partial charge is 0.222 e. The lowest BCUT2D eigenvalue weighted by Gasteiger charge is -2.20. The van der Waals surface area contributed by atoms with Gasteiger partial charge in [0.2, 0.25) is 11.8 Å². The van der Waals surface area contributed by atoms with Crippen molar-refractivity contribution < 1.29 is 9.59 Å². The van der Waals surface area contributed by atoms with Crippen molar-refractivity contribution in [1.82, 2.24) is 15.2 Å². The molecule has 1 aromatic heterocycles. The molecule has 5 heteroatoms. The van der Waals surface area contributed by atoms with Gasteiger partial charge in [-0.15, -0.1) is 0 Å². The van der Waals surface area contributed by atoms with Crippen LogP contribution in [0, 0.1) is 6.92 Å². The van der Waals surface area contributed by atoms with Gasteiger partial charge >= 0.3 is 0 Å². The maximum Gasteiger partial charge on any atom is 0.222 e. The second-order valence-corrected chi connectivity index (χ2v) is 5.81. The Labute approximate surface area is 142 Å². The van der Waals surface area contributed by atoms with Gasteiger partial charge in [-0.1, -0.05) is 35.9 Å². The largest absolute Gasteiger partial charge is 0.352 e. The summed E-state index contributed by atoms with van der Waals surface area (Å²) < 4.78 is 0. The molecule has 1 N–H and O–H groups in total. The number of carbonyl (C=O) groups excluding carboxylic acids is 2. The Hall–Kier alpha value is -2.69. The molecule has 126 valence electrons. The molecular weight excluding hydrogens is 302 g/mol. The van der Waals surface area contributed by atoms with Gasteiger partial charge in [0.15, 0.2) is 0 Å². The van der Waals surface area contributed by atoms with Crippen molar-refractivity contribution in [3.05, 3.63) is 65.5 Å². The van der Waals surface area contributed by atoms with Crippen molar-refractivity contribution in [1.29, 1.82) is 0 Å². The van der Waals surface area contributed by atoms with E-state index in [1.165, 1.54) is 12.5 Å². The minimum atomic E-state index is -0.0620. The van der Waals surface area contributed by atoms with Crippen LogP contribution in [-0.2, 0) is 22.7 Å². The lowest BCUT2D eigenvalue weighted by atomic mass is 10.1. The molecule has 2 rings (SSSR count). The average molecular weight is 325 g/mol. The number of benzene rings is 1. The molecule has 1 aromatic carbocycles. The minimum Gasteiger partial charge on any atom is -0.352 e. The van der Waals surface area contributed by atoms with E-state index < -0.39 is 0 Å². The first-order valence-electron chi connectivity index (χ1n) is 8.01. The van der Waals surface area contributed by atoms with Crippen LogP contribution >= 0.6 is 0 Å². The van der Waals surface area contributed by atoms with Crippen LogP contribution in [0.4, 0.5) is 0 Å². The Morgan fingerprint density at radius 2 is 1.88 bits per heavy atom. The lowest BCUT2D eigenvalue weighted by molar-refractivity contribution is -0.130. The highest BCUT2D eigenvalue weighted by atomic mass is 16.2. The van der Waals surface area contributed by atoms with Crippen LogP contribution in [0.1, 0.15) is 30.0 Å². The third kappa shape index (κ3) is 5.83. The zero-order valence-electron chi connectivity index (χ0n) is 14.2. The van der Waals surface area contributed by atoms with E-state index in [1.807, 2.05) is 43.3 Å². The molecule has 0 saturated heterocycles. The standard InChI is InChI=1S/C19H23N3O2/c1-15-5-7-17(8-6-15)13-21-19(24)9-11-22(16(2)23)14-18-4-3-10-20-12-18/h3-8,10,12H,9,11,13-14H2,1-2H3,(H,21,24). The molecule has 0 aliphatic heterocycles. The highest BCUT2D eigenvalue weighted by Gasteiger charge is 2.12. The zero-order valence-corrected chi connectivity index (χ0v) is 14.2. The van der Waals surface area contributed by atoms with Gasteiger partial charge in [0.25, 0.3) is 0 Å². The van der Waals surface area contributed by atoms with Crippen LogP contribution in [0.3, 0.4) is 0 Å². The number of hydrogen-bond donors (Lipinski definition) is 1. The molecule has 5 nitrogen and oxygen atoms in total. The number of pyridine rings is 1. The van der Waals surface area contributed by atoms with Gasteiger partial charge in [-0.05, 0) is 24.1 Å². The van der Waals surface area contributed by atoms with E-state index in [2.05, 4.69) is 10.3 Å². The molecule has 1 heterocycles. The molecule has 2 amide bonds. The van der Waals surface area contributed by atoms with Crippen molar-refractivity contribution in [3.8, 4) is 0 Å². The molecule has 0 atom stereocenters. The first-order valence-corrected chi connectivity index (χ1v) is 8.01. The number of aromatic nitrogens is 1. The number of carbonyl (C=O) groups is 2. The zero-order chi connectivity index (χ0) is 17.4. The Bertz CT molecular complexity index is 669. The molecular formula is C19H23N3O2. The Kier molecular flexibility index (Phi) is 6.49. The number of rotatable bonds is 7. The third-order valence-corrected chi connectivity index (χ3v) is 3.76. The molecule has 0 radical (unpaired) electrons. The molecule has 0 bridgehead atoms. The van der Waals surface area contributed by atoms with Crippen LogP contribution in [0.2, 0.25) is 0 Å². The Morgan fingerprint density at radius 3 is 2.50 bits per heavy atom. The van der Waals surface area contributed by atoms with E-state index >= 15 is 0 Å². The maximum atomic E-state index is 12.0. The monoisotopic (exact) mass is 325 g/mol. The van der Waals surface area contributed by atoms with Crippen LogP contribution in [0.5, 0.6) is 0 Å². The molecule has 0 aliphatic carbocycles. The van der Waals surface area contributed by atoms with Gasteiger partial charge < -0.3 is 10.2 Å². The normalized spacial score (nSPS) is 10.2. The van der Waals surface area contributed by atoms with E-state index in [1.54, 1.807) is 17.3 Å². The van der Waals surface area contributed by atoms with Crippen molar-refractivity contribution in [2.24, 2.45) is 0 Å².